The van der Waals surface area contributed by atoms with E-state index in [1.807, 2.05) is 0 Å². The average Bonchev–Trinajstić information content (AvgIpc) is 2.97. The maximum atomic E-state index is 12.2. The molecule has 6 nitrogen and oxygen atoms in total. The van der Waals surface area contributed by atoms with E-state index in [4.69, 9.17) is 10.5 Å². The molecule has 0 aliphatic rings. The van der Waals surface area contributed by atoms with Gasteiger partial charge in [0.2, 0.25) is 0 Å². The van der Waals surface area contributed by atoms with Crippen molar-refractivity contribution >= 4 is 29.0 Å². The highest BCUT2D eigenvalue weighted by Crippen LogP contribution is 2.20. The molecule has 0 aliphatic heterocycles. The number of carbonyl (C=O) groups is 2. The second-order valence-corrected chi connectivity index (χ2v) is 4.71. The van der Waals surface area contributed by atoms with Gasteiger partial charge in [-0.15, -0.1) is 11.3 Å². The van der Waals surface area contributed by atoms with Gasteiger partial charge in [0, 0.05) is 0 Å². The molecule has 0 saturated carbocycles. The van der Waals surface area contributed by atoms with Gasteiger partial charge in [-0.25, -0.2) is 4.79 Å². The van der Waals surface area contributed by atoms with Gasteiger partial charge in [-0.1, -0.05) is 6.07 Å². The molecule has 0 fully saturated rings. The van der Waals surface area contributed by atoms with E-state index in [9.17, 15) is 9.59 Å². The number of rotatable bonds is 3. The lowest BCUT2D eigenvalue weighted by molar-refractivity contribution is 0.0527. The summed E-state index contributed by atoms with van der Waals surface area (Å²) in [5.74, 6) is -0.914. The molecule has 0 bridgehead atoms. The molecule has 0 aliphatic carbocycles. The molecule has 19 heavy (non-hydrogen) atoms. The normalized spacial score (nSPS) is 10.4. The van der Waals surface area contributed by atoms with Gasteiger partial charge in [0.25, 0.3) is 5.91 Å². The monoisotopic (exact) mass is 279 g/mol. The number of hydrogen-bond acceptors (Lipinski definition) is 6. The van der Waals surface area contributed by atoms with Gasteiger partial charge in [0.05, 0.1) is 17.2 Å². The molecule has 0 saturated heterocycles. The number of nitrogens with zero attached hydrogens (tertiary/aromatic N) is 2. The van der Waals surface area contributed by atoms with Crippen LogP contribution in [-0.4, -0.2) is 28.3 Å². The lowest BCUT2D eigenvalue weighted by atomic mass is 10.2. The number of nitrogens with two attached hydrogens (primary N) is 1. The van der Waals surface area contributed by atoms with Crippen molar-refractivity contribution in [1.82, 2.24) is 9.78 Å². The van der Waals surface area contributed by atoms with E-state index in [1.165, 1.54) is 11.3 Å². The van der Waals surface area contributed by atoms with Crippen molar-refractivity contribution in [3.8, 4) is 0 Å². The van der Waals surface area contributed by atoms with E-state index in [-0.39, 0.29) is 23.9 Å². The lowest BCUT2D eigenvalue weighted by Crippen LogP contribution is -2.16. The van der Waals surface area contributed by atoms with E-state index in [0.29, 0.717) is 10.6 Å². The Balaban J connectivity index is 2.42. The van der Waals surface area contributed by atoms with Gasteiger partial charge in [0.15, 0.2) is 0 Å². The van der Waals surface area contributed by atoms with Crippen molar-refractivity contribution in [3.63, 3.8) is 0 Å². The zero-order valence-corrected chi connectivity index (χ0v) is 11.4. The van der Waals surface area contributed by atoms with Crippen LogP contribution < -0.4 is 5.73 Å². The molecule has 0 amide bonds. The number of aromatic nitrogens is 2. The Bertz CT molecular complexity index is 616. The van der Waals surface area contributed by atoms with Crippen molar-refractivity contribution in [1.29, 1.82) is 0 Å². The highest BCUT2D eigenvalue weighted by atomic mass is 32.1. The predicted octanol–water partition coefficient (Wildman–Crippen LogP) is 1.70. The fourth-order valence-electron chi connectivity index (χ4n) is 1.66. The molecule has 7 heteroatoms. The first-order valence-corrected chi connectivity index (χ1v) is 6.54. The first-order chi connectivity index (χ1) is 9.06. The summed E-state index contributed by atoms with van der Waals surface area (Å²) in [5.41, 5.74) is 6.35. The molecular weight excluding hydrogens is 266 g/mol. The Hall–Kier alpha value is -2.15. The van der Waals surface area contributed by atoms with Crippen molar-refractivity contribution in [2.75, 3.05) is 12.3 Å². The Kier molecular flexibility index (Phi) is 3.66. The summed E-state index contributed by atoms with van der Waals surface area (Å²) in [6, 6.07) is 3.43. The molecule has 2 N–H and O–H groups in total. The minimum atomic E-state index is -0.567. The third-order valence-electron chi connectivity index (χ3n) is 2.50. The molecule has 2 aromatic heterocycles. The number of carbonyl (C=O) groups excluding carboxylic acids is 2. The van der Waals surface area contributed by atoms with Gasteiger partial charge < -0.3 is 10.5 Å². The molecule has 0 unspecified atom stereocenters. The molecule has 2 heterocycles. The van der Waals surface area contributed by atoms with Crippen LogP contribution in [0.4, 0.5) is 5.82 Å². The summed E-state index contributed by atoms with van der Waals surface area (Å²) in [6.07, 6.45) is 0. The molecule has 2 rings (SSSR count). The van der Waals surface area contributed by atoms with Gasteiger partial charge in [-0.3, -0.25) is 4.79 Å². The number of anilines is 1. The minimum Gasteiger partial charge on any atom is -0.462 e. The number of hydrogen-bond donors (Lipinski definition) is 1. The summed E-state index contributed by atoms with van der Waals surface area (Å²) in [7, 11) is 0. The first-order valence-electron chi connectivity index (χ1n) is 5.66. The number of aryl methyl sites for hydroxylation is 1. The number of thiophene rings is 1. The Morgan fingerprint density at radius 1 is 1.53 bits per heavy atom. The van der Waals surface area contributed by atoms with Crippen molar-refractivity contribution in [2.24, 2.45) is 0 Å². The van der Waals surface area contributed by atoms with E-state index < -0.39 is 5.97 Å². The summed E-state index contributed by atoms with van der Waals surface area (Å²) < 4.78 is 5.93. The molecule has 0 radical (unpaired) electrons. The van der Waals surface area contributed by atoms with Crippen LogP contribution in [0.15, 0.2) is 17.5 Å². The predicted molar refractivity (Wildman–Crippen MR) is 71.4 cm³/mol. The van der Waals surface area contributed by atoms with Crippen molar-refractivity contribution in [2.45, 2.75) is 13.8 Å². The van der Waals surface area contributed by atoms with Gasteiger partial charge in [0.1, 0.15) is 11.4 Å². The molecule has 0 atom stereocenters. The van der Waals surface area contributed by atoms with Crippen LogP contribution >= 0.6 is 11.3 Å². The van der Waals surface area contributed by atoms with Crippen molar-refractivity contribution in [3.05, 3.63) is 33.6 Å². The first kappa shape index (κ1) is 13.3. The fraction of sp³-hybridized carbons (Fsp3) is 0.250. The van der Waals surface area contributed by atoms with Gasteiger partial charge in [-0.2, -0.15) is 9.78 Å². The highest BCUT2D eigenvalue weighted by molar-refractivity contribution is 7.12. The molecule has 0 aromatic carbocycles. The van der Waals surface area contributed by atoms with Crippen LogP contribution in [0.2, 0.25) is 0 Å². The molecular formula is C12H13N3O3S. The number of nitrogen functional groups attached to an aromatic ring is 1. The van der Waals surface area contributed by atoms with Crippen molar-refractivity contribution < 1.29 is 14.3 Å². The quantitative estimate of drug-likeness (QED) is 0.864. The Labute approximate surface area is 113 Å². The number of esters is 1. The zero-order chi connectivity index (χ0) is 14.0. The minimum absolute atomic E-state index is 0.00866. The van der Waals surface area contributed by atoms with Gasteiger partial charge in [-0.05, 0) is 25.3 Å². The topological polar surface area (TPSA) is 87.2 Å². The summed E-state index contributed by atoms with van der Waals surface area (Å²) >= 11 is 1.29. The fourth-order valence-corrected chi connectivity index (χ4v) is 2.31. The van der Waals surface area contributed by atoms with Crippen LogP contribution in [0.3, 0.4) is 0 Å². The zero-order valence-electron chi connectivity index (χ0n) is 10.5. The Morgan fingerprint density at radius 3 is 2.84 bits per heavy atom. The van der Waals surface area contributed by atoms with E-state index in [0.717, 1.165) is 4.68 Å². The lowest BCUT2D eigenvalue weighted by Gasteiger charge is -2.02. The van der Waals surface area contributed by atoms with E-state index in [1.54, 1.807) is 31.4 Å². The highest BCUT2D eigenvalue weighted by Gasteiger charge is 2.24. The molecule has 0 spiro atoms. The number of ether oxygens (including phenoxy) is 1. The van der Waals surface area contributed by atoms with Crippen LogP contribution in [0.1, 0.15) is 32.6 Å². The summed E-state index contributed by atoms with van der Waals surface area (Å²) in [4.78, 5) is 24.4. The third kappa shape index (κ3) is 2.37. The second-order valence-electron chi connectivity index (χ2n) is 3.76. The smallest absolute Gasteiger partial charge is 0.343 e. The van der Waals surface area contributed by atoms with E-state index >= 15 is 0 Å². The van der Waals surface area contributed by atoms with Crippen LogP contribution in [0.25, 0.3) is 0 Å². The van der Waals surface area contributed by atoms with Gasteiger partial charge >= 0.3 is 5.97 Å². The average molecular weight is 279 g/mol. The maximum absolute atomic E-state index is 12.2. The molecule has 2 aromatic rings. The standard InChI is InChI=1S/C12H13N3O3S/c1-3-18-12(17)9-7(2)14-15(10(9)13)11(16)8-5-4-6-19-8/h4-6H,3,13H2,1-2H3. The summed E-state index contributed by atoms with van der Waals surface area (Å²) in [5, 5.41) is 5.80. The van der Waals surface area contributed by atoms with E-state index in [2.05, 4.69) is 5.10 Å². The van der Waals surface area contributed by atoms with Crippen LogP contribution in [0.5, 0.6) is 0 Å². The molecule has 100 valence electrons. The third-order valence-corrected chi connectivity index (χ3v) is 3.36. The Morgan fingerprint density at radius 2 is 2.26 bits per heavy atom. The van der Waals surface area contributed by atoms with Crippen LogP contribution in [0, 0.1) is 6.92 Å². The summed E-state index contributed by atoms with van der Waals surface area (Å²) in [6.45, 7) is 3.55. The van der Waals surface area contributed by atoms with Crippen LogP contribution in [-0.2, 0) is 4.74 Å². The largest absolute Gasteiger partial charge is 0.462 e. The second kappa shape index (κ2) is 5.23. The maximum Gasteiger partial charge on any atom is 0.343 e. The SMILES string of the molecule is CCOC(=O)c1c(C)nn(C(=O)c2cccs2)c1N.